The first kappa shape index (κ1) is 15.0. The molecule has 23 heavy (non-hydrogen) atoms. The predicted molar refractivity (Wildman–Crippen MR) is 85.3 cm³/mol. The van der Waals surface area contributed by atoms with Crippen LogP contribution in [0, 0.1) is 27.7 Å². The van der Waals surface area contributed by atoms with E-state index in [1.165, 1.54) is 0 Å². The number of carbonyl (C=O) groups excluding carboxylic acids is 1. The van der Waals surface area contributed by atoms with Crippen molar-refractivity contribution in [2.75, 3.05) is 5.32 Å². The molecule has 0 spiro atoms. The quantitative estimate of drug-likeness (QED) is 0.795. The van der Waals surface area contributed by atoms with Gasteiger partial charge in [0.1, 0.15) is 11.5 Å². The second-order valence-electron chi connectivity index (χ2n) is 5.51. The lowest BCUT2D eigenvalue weighted by atomic mass is 10.1. The monoisotopic (exact) mass is 311 g/mol. The molecule has 6 heteroatoms. The van der Waals surface area contributed by atoms with E-state index >= 15 is 0 Å². The van der Waals surface area contributed by atoms with Gasteiger partial charge in [0, 0.05) is 5.56 Å². The Labute approximate surface area is 133 Å². The SMILES string of the molecule is Cc1ccc(C)c(-c2nnc(NC(=O)c3cc(C)oc3C)o2)c1. The molecule has 3 aromatic rings. The van der Waals surface area contributed by atoms with Gasteiger partial charge in [-0.2, -0.15) is 0 Å². The summed E-state index contributed by atoms with van der Waals surface area (Å²) in [4.78, 5) is 12.2. The van der Waals surface area contributed by atoms with Gasteiger partial charge in [0.25, 0.3) is 5.91 Å². The Morgan fingerprint density at radius 2 is 1.83 bits per heavy atom. The van der Waals surface area contributed by atoms with E-state index in [4.69, 9.17) is 8.83 Å². The third-order valence-corrected chi connectivity index (χ3v) is 3.55. The van der Waals surface area contributed by atoms with Gasteiger partial charge in [0.2, 0.25) is 5.89 Å². The number of rotatable bonds is 3. The molecular weight excluding hydrogens is 294 g/mol. The molecule has 1 aromatic carbocycles. The van der Waals surface area contributed by atoms with Crippen molar-refractivity contribution in [1.82, 2.24) is 10.2 Å². The minimum atomic E-state index is -0.337. The summed E-state index contributed by atoms with van der Waals surface area (Å²) in [6, 6.07) is 7.71. The largest absolute Gasteiger partial charge is 0.466 e. The first-order valence-electron chi connectivity index (χ1n) is 7.23. The number of furan rings is 1. The van der Waals surface area contributed by atoms with Gasteiger partial charge in [-0.05, 0) is 45.4 Å². The Bertz CT molecular complexity index is 877. The molecule has 0 radical (unpaired) electrons. The summed E-state index contributed by atoms with van der Waals surface area (Å²) in [5.74, 6) is 1.26. The van der Waals surface area contributed by atoms with Crippen LogP contribution in [-0.2, 0) is 0 Å². The van der Waals surface area contributed by atoms with Crippen LogP contribution in [0.5, 0.6) is 0 Å². The minimum Gasteiger partial charge on any atom is -0.466 e. The molecule has 0 atom stereocenters. The van der Waals surface area contributed by atoms with Crippen LogP contribution in [0.15, 0.2) is 33.1 Å². The van der Waals surface area contributed by atoms with Crippen LogP contribution < -0.4 is 5.32 Å². The number of benzene rings is 1. The molecule has 3 rings (SSSR count). The average molecular weight is 311 g/mol. The summed E-state index contributed by atoms with van der Waals surface area (Å²) >= 11 is 0. The van der Waals surface area contributed by atoms with Gasteiger partial charge in [-0.1, -0.05) is 22.8 Å². The highest BCUT2D eigenvalue weighted by atomic mass is 16.4. The highest BCUT2D eigenvalue weighted by molar-refractivity contribution is 6.03. The maximum atomic E-state index is 12.2. The summed E-state index contributed by atoms with van der Waals surface area (Å²) in [5.41, 5.74) is 3.43. The maximum Gasteiger partial charge on any atom is 0.322 e. The molecule has 0 unspecified atom stereocenters. The van der Waals surface area contributed by atoms with Gasteiger partial charge in [0.15, 0.2) is 0 Å². The van der Waals surface area contributed by atoms with Crippen LogP contribution in [0.2, 0.25) is 0 Å². The zero-order valence-electron chi connectivity index (χ0n) is 13.4. The molecule has 0 fully saturated rings. The summed E-state index contributed by atoms with van der Waals surface area (Å²) in [6.07, 6.45) is 0. The lowest BCUT2D eigenvalue weighted by molar-refractivity contribution is 0.102. The normalized spacial score (nSPS) is 10.8. The van der Waals surface area contributed by atoms with Crippen LogP contribution in [0.3, 0.4) is 0 Å². The van der Waals surface area contributed by atoms with Gasteiger partial charge < -0.3 is 8.83 Å². The summed E-state index contributed by atoms with van der Waals surface area (Å²) < 4.78 is 10.9. The molecule has 0 saturated heterocycles. The van der Waals surface area contributed by atoms with E-state index in [1.807, 2.05) is 32.0 Å². The second-order valence-corrected chi connectivity index (χ2v) is 5.51. The number of anilines is 1. The number of aromatic nitrogens is 2. The van der Waals surface area contributed by atoms with Crippen molar-refractivity contribution < 1.29 is 13.6 Å². The van der Waals surface area contributed by atoms with Gasteiger partial charge in [-0.15, -0.1) is 5.10 Å². The number of hydrogen-bond acceptors (Lipinski definition) is 5. The van der Waals surface area contributed by atoms with E-state index in [9.17, 15) is 4.79 Å². The van der Waals surface area contributed by atoms with Crippen molar-refractivity contribution in [3.05, 3.63) is 52.5 Å². The van der Waals surface area contributed by atoms with Gasteiger partial charge in [-0.3, -0.25) is 10.1 Å². The highest BCUT2D eigenvalue weighted by Gasteiger charge is 2.17. The third kappa shape index (κ3) is 3.01. The van der Waals surface area contributed by atoms with Crippen LogP contribution in [-0.4, -0.2) is 16.1 Å². The number of nitrogens with zero attached hydrogens (tertiary/aromatic N) is 2. The number of hydrogen-bond donors (Lipinski definition) is 1. The fourth-order valence-corrected chi connectivity index (χ4v) is 2.37. The first-order chi connectivity index (χ1) is 10.9. The molecule has 1 amide bonds. The number of aryl methyl sites for hydroxylation is 4. The molecule has 0 saturated carbocycles. The molecule has 1 N–H and O–H groups in total. The minimum absolute atomic E-state index is 0.0594. The smallest absolute Gasteiger partial charge is 0.322 e. The Morgan fingerprint density at radius 3 is 2.52 bits per heavy atom. The Hall–Kier alpha value is -2.89. The van der Waals surface area contributed by atoms with Crippen molar-refractivity contribution in [1.29, 1.82) is 0 Å². The Kier molecular flexibility index (Phi) is 3.73. The van der Waals surface area contributed by atoms with Crippen LogP contribution in [0.4, 0.5) is 6.01 Å². The van der Waals surface area contributed by atoms with E-state index in [0.29, 0.717) is 23.0 Å². The van der Waals surface area contributed by atoms with Crippen molar-refractivity contribution in [3.8, 4) is 11.5 Å². The lowest BCUT2D eigenvalue weighted by Gasteiger charge is -2.02. The van der Waals surface area contributed by atoms with Gasteiger partial charge >= 0.3 is 6.01 Å². The molecule has 2 heterocycles. The zero-order chi connectivity index (χ0) is 16.6. The highest BCUT2D eigenvalue weighted by Crippen LogP contribution is 2.25. The van der Waals surface area contributed by atoms with E-state index in [-0.39, 0.29) is 11.9 Å². The molecular formula is C17H17N3O3. The van der Waals surface area contributed by atoms with E-state index < -0.39 is 0 Å². The maximum absolute atomic E-state index is 12.2. The molecule has 6 nitrogen and oxygen atoms in total. The molecule has 2 aromatic heterocycles. The van der Waals surface area contributed by atoms with Crippen molar-refractivity contribution >= 4 is 11.9 Å². The third-order valence-electron chi connectivity index (χ3n) is 3.55. The van der Waals surface area contributed by atoms with E-state index in [2.05, 4.69) is 15.5 Å². The van der Waals surface area contributed by atoms with Gasteiger partial charge in [0.05, 0.1) is 5.56 Å². The zero-order valence-corrected chi connectivity index (χ0v) is 13.4. The first-order valence-corrected chi connectivity index (χ1v) is 7.23. The van der Waals surface area contributed by atoms with Crippen LogP contribution >= 0.6 is 0 Å². The summed E-state index contributed by atoms with van der Waals surface area (Å²) in [5, 5.41) is 10.5. The molecule has 0 aliphatic heterocycles. The van der Waals surface area contributed by atoms with Gasteiger partial charge in [-0.25, -0.2) is 0 Å². The lowest BCUT2D eigenvalue weighted by Crippen LogP contribution is -2.12. The number of amides is 1. The Balaban J connectivity index is 1.84. The molecule has 0 aliphatic rings. The van der Waals surface area contributed by atoms with Crippen LogP contribution in [0.25, 0.3) is 11.5 Å². The van der Waals surface area contributed by atoms with E-state index in [1.54, 1.807) is 19.9 Å². The number of nitrogens with one attached hydrogen (secondary N) is 1. The Morgan fingerprint density at radius 1 is 1.04 bits per heavy atom. The standard InChI is InChI=1S/C17H17N3O3/c1-9-5-6-10(2)13(7-9)16-19-20-17(23-16)18-15(21)14-8-11(3)22-12(14)4/h5-8H,1-4H3,(H,18,20,21). The van der Waals surface area contributed by atoms with Crippen molar-refractivity contribution in [2.45, 2.75) is 27.7 Å². The summed E-state index contributed by atoms with van der Waals surface area (Å²) in [7, 11) is 0. The van der Waals surface area contributed by atoms with Crippen molar-refractivity contribution in [2.24, 2.45) is 0 Å². The number of carbonyl (C=O) groups is 1. The topological polar surface area (TPSA) is 81.2 Å². The average Bonchev–Trinajstić information content (AvgIpc) is 3.08. The molecule has 0 aliphatic carbocycles. The fraction of sp³-hybridized carbons (Fsp3) is 0.235. The second kappa shape index (κ2) is 5.72. The fourth-order valence-electron chi connectivity index (χ4n) is 2.37. The van der Waals surface area contributed by atoms with Crippen LogP contribution in [0.1, 0.15) is 33.0 Å². The van der Waals surface area contributed by atoms with E-state index in [0.717, 1.165) is 16.7 Å². The summed E-state index contributed by atoms with van der Waals surface area (Å²) in [6.45, 7) is 7.48. The van der Waals surface area contributed by atoms with Crippen molar-refractivity contribution in [3.63, 3.8) is 0 Å². The molecule has 118 valence electrons. The molecule has 0 bridgehead atoms. The predicted octanol–water partition coefficient (Wildman–Crippen LogP) is 3.82.